The van der Waals surface area contributed by atoms with Gasteiger partial charge in [0.15, 0.2) is 0 Å². The van der Waals surface area contributed by atoms with Crippen molar-refractivity contribution >= 4 is 18.2 Å². The van der Waals surface area contributed by atoms with Crippen LogP contribution >= 0.6 is 12.4 Å². The Morgan fingerprint density at radius 2 is 2.06 bits per heavy atom. The van der Waals surface area contributed by atoms with E-state index in [1.807, 2.05) is 20.8 Å². The first-order valence-corrected chi connectivity index (χ1v) is 5.98. The summed E-state index contributed by atoms with van der Waals surface area (Å²) in [6, 6.07) is -0.306. The minimum Gasteiger partial charge on any atom is -0.423 e. The Balaban J connectivity index is 0.00000162. The summed E-state index contributed by atoms with van der Waals surface area (Å²) in [5, 5.41) is 7.80. The third-order valence-corrected chi connectivity index (χ3v) is 3.04. The van der Waals surface area contributed by atoms with Crippen LogP contribution in [0.3, 0.4) is 0 Å². The maximum absolute atomic E-state index is 11.6. The number of carbonyl (C=O) groups excluding carboxylic acids is 1. The maximum Gasteiger partial charge on any atom is 0.233 e. The molecule has 1 fully saturated rings. The van der Waals surface area contributed by atoms with Crippen LogP contribution in [0, 0.1) is 11.3 Å². The lowest BCUT2D eigenvalue weighted by Crippen LogP contribution is -2.26. The molecule has 0 aromatic carbocycles. The lowest BCUT2D eigenvalue weighted by Gasteiger charge is -2.23. The Morgan fingerprint density at radius 3 is 2.56 bits per heavy atom. The van der Waals surface area contributed by atoms with E-state index >= 15 is 0 Å². The van der Waals surface area contributed by atoms with Gasteiger partial charge < -0.3 is 10.2 Å². The number of nitrogens with zero attached hydrogens (tertiary/aromatic N) is 2. The van der Waals surface area contributed by atoms with Crippen LogP contribution in [-0.2, 0) is 11.2 Å². The summed E-state index contributed by atoms with van der Waals surface area (Å²) in [4.78, 5) is 11.6. The molecule has 0 spiro atoms. The van der Waals surface area contributed by atoms with Crippen molar-refractivity contribution in [3.63, 3.8) is 0 Å². The predicted molar refractivity (Wildman–Crippen MR) is 69.4 cm³/mol. The molecule has 0 bridgehead atoms. The molecule has 0 unspecified atom stereocenters. The summed E-state index contributed by atoms with van der Waals surface area (Å²) in [6.45, 7) is 6.03. The zero-order chi connectivity index (χ0) is 12.6. The highest BCUT2D eigenvalue weighted by Crippen LogP contribution is 2.32. The number of ketones is 1. The van der Waals surface area contributed by atoms with Gasteiger partial charge in [-0.25, -0.2) is 0 Å². The fraction of sp³-hybridized carbons (Fsp3) is 0.750. The summed E-state index contributed by atoms with van der Waals surface area (Å²) in [6.07, 6.45) is 2.25. The van der Waals surface area contributed by atoms with Crippen LogP contribution in [-0.4, -0.2) is 16.0 Å². The first kappa shape index (κ1) is 15.1. The summed E-state index contributed by atoms with van der Waals surface area (Å²) in [5.74, 6) is 1.22. The normalized spacial score (nSPS) is 17.1. The van der Waals surface area contributed by atoms with Crippen molar-refractivity contribution in [1.29, 1.82) is 0 Å². The Morgan fingerprint density at radius 1 is 1.44 bits per heavy atom. The molecule has 6 heteroatoms. The average molecular weight is 274 g/mol. The van der Waals surface area contributed by atoms with Crippen molar-refractivity contribution in [3.05, 3.63) is 11.8 Å². The summed E-state index contributed by atoms with van der Waals surface area (Å²) in [5.41, 5.74) is 5.87. The van der Waals surface area contributed by atoms with E-state index in [1.165, 1.54) is 0 Å². The van der Waals surface area contributed by atoms with E-state index in [0.29, 0.717) is 11.8 Å². The van der Waals surface area contributed by atoms with Gasteiger partial charge in [-0.15, -0.1) is 22.6 Å². The van der Waals surface area contributed by atoms with Crippen LogP contribution in [0.4, 0.5) is 0 Å². The van der Waals surface area contributed by atoms with Crippen LogP contribution in [0.25, 0.3) is 0 Å². The van der Waals surface area contributed by atoms with Crippen molar-refractivity contribution in [2.75, 3.05) is 0 Å². The molecule has 1 heterocycles. The number of hydrogen-bond acceptors (Lipinski definition) is 5. The first-order chi connectivity index (χ1) is 7.88. The standard InChI is InChI=1S/C12H19N3O2.ClH/c1-12(2,3)10(13)11-15-14-9(17-11)6-8(16)7-4-5-7;/h7,10H,4-6,13H2,1-3H3;1H/t10-;/m1./s1. The van der Waals surface area contributed by atoms with E-state index in [1.54, 1.807) is 0 Å². The molecular weight excluding hydrogens is 254 g/mol. The van der Waals surface area contributed by atoms with Crippen LogP contribution in [0.5, 0.6) is 0 Å². The molecule has 0 amide bonds. The van der Waals surface area contributed by atoms with Gasteiger partial charge in [0.05, 0.1) is 12.5 Å². The molecule has 5 nitrogen and oxygen atoms in total. The molecule has 2 N–H and O–H groups in total. The molecule has 1 saturated carbocycles. The Hall–Kier alpha value is -0.940. The number of rotatable bonds is 4. The maximum atomic E-state index is 11.6. The number of halogens is 1. The number of Topliss-reactive ketones (excluding diaryl/α,β-unsaturated/α-hetero) is 1. The van der Waals surface area contributed by atoms with Gasteiger partial charge in [0.2, 0.25) is 11.8 Å². The number of carbonyl (C=O) groups is 1. The summed E-state index contributed by atoms with van der Waals surface area (Å²) < 4.78 is 5.45. The topological polar surface area (TPSA) is 82.0 Å². The number of hydrogen-bond donors (Lipinski definition) is 1. The van der Waals surface area contributed by atoms with Crippen LogP contribution < -0.4 is 5.73 Å². The molecule has 1 aliphatic rings. The van der Waals surface area contributed by atoms with E-state index in [9.17, 15) is 4.79 Å². The SMILES string of the molecule is CC(C)(C)[C@H](N)c1nnc(CC(=O)C2CC2)o1.Cl. The zero-order valence-corrected chi connectivity index (χ0v) is 11.8. The van der Waals surface area contributed by atoms with E-state index in [4.69, 9.17) is 10.2 Å². The fourth-order valence-electron chi connectivity index (χ4n) is 1.53. The van der Waals surface area contributed by atoms with Crippen molar-refractivity contribution < 1.29 is 9.21 Å². The lowest BCUT2D eigenvalue weighted by molar-refractivity contribution is -0.119. The molecule has 1 aliphatic carbocycles. The van der Waals surface area contributed by atoms with Crippen molar-refractivity contribution in [2.24, 2.45) is 17.1 Å². The third kappa shape index (κ3) is 3.53. The van der Waals surface area contributed by atoms with Gasteiger partial charge in [0.1, 0.15) is 5.78 Å². The number of aromatic nitrogens is 2. The smallest absolute Gasteiger partial charge is 0.233 e. The van der Waals surface area contributed by atoms with Crippen molar-refractivity contribution in [3.8, 4) is 0 Å². The lowest BCUT2D eigenvalue weighted by atomic mass is 9.87. The highest BCUT2D eigenvalue weighted by Gasteiger charge is 2.31. The second-order valence-corrected chi connectivity index (χ2v) is 5.80. The van der Waals surface area contributed by atoms with E-state index in [-0.39, 0.29) is 42.0 Å². The van der Waals surface area contributed by atoms with Crippen LogP contribution in [0.15, 0.2) is 4.42 Å². The van der Waals surface area contributed by atoms with Gasteiger partial charge in [0, 0.05) is 5.92 Å². The monoisotopic (exact) mass is 273 g/mol. The van der Waals surface area contributed by atoms with E-state index < -0.39 is 0 Å². The van der Waals surface area contributed by atoms with Gasteiger partial charge >= 0.3 is 0 Å². The van der Waals surface area contributed by atoms with Gasteiger partial charge in [-0.2, -0.15) is 0 Å². The minimum atomic E-state index is -0.306. The Kier molecular flexibility index (Phi) is 4.50. The molecule has 2 rings (SSSR count). The van der Waals surface area contributed by atoms with E-state index in [2.05, 4.69) is 10.2 Å². The summed E-state index contributed by atoms with van der Waals surface area (Å²) >= 11 is 0. The average Bonchev–Trinajstić information content (AvgIpc) is 2.98. The first-order valence-electron chi connectivity index (χ1n) is 5.98. The highest BCUT2D eigenvalue weighted by atomic mass is 35.5. The van der Waals surface area contributed by atoms with Gasteiger partial charge in [-0.05, 0) is 18.3 Å². The van der Waals surface area contributed by atoms with Crippen molar-refractivity contribution in [1.82, 2.24) is 10.2 Å². The molecule has 1 aromatic rings. The third-order valence-electron chi connectivity index (χ3n) is 3.04. The molecule has 0 saturated heterocycles. The molecular formula is C12H20ClN3O2. The quantitative estimate of drug-likeness (QED) is 0.908. The molecule has 1 aromatic heterocycles. The predicted octanol–water partition coefficient (Wildman–Crippen LogP) is 2.06. The van der Waals surface area contributed by atoms with Gasteiger partial charge in [0.25, 0.3) is 0 Å². The second kappa shape index (κ2) is 5.36. The van der Waals surface area contributed by atoms with Gasteiger partial charge in [-0.1, -0.05) is 20.8 Å². The zero-order valence-electron chi connectivity index (χ0n) is 11.0. The molecule has 0 aliphatic heterocycles. The highest BCUT2D eigenvalue weighted by molar-refractivity contribution is 5.85. The Bertz CT molecular complexity index is 421. The molecule has 1 atom stereocenters. The summed E-state index contributed by atoms with van der Waals surface area (Å²) in [7, 11) is 0. The van der Waals surface area contributed by atoms with Crippen LogP contribution in [0.2, 0.25) is 0 Å². The molecule has 0 radical (unpaired) electrons. The minimum absolute atomic E-state index is 0. The van der Waals surface area contributed by atoms with E-state index in [0.717, 1.165) is 12.8 Å². The Labute approximate surface area is 113 Å². The van der Waals surface area contributed by atoms with Crippen LogP contribution in [0.1, 0.15) is 51.4 Å². The number of nitrogens with two attached hydrogens (primary N) is 1. The second-order valence-electron chi connectivity index (χ2n) is 5.80. The van der Waals surface area contributed by atoms with Crippen molar-refractivity contribution in [2.45, 2.75) is 46.1 Å². The fourth-order valence-corrected chi connectivity index (χ4v) is 1.53. The molecule has 102 valence electrons. The molecule has 18 heavy (non-hydrogen) atoms. The van der Waals surface area contributed by atoms with Gasteiger partial charge in [-0.3, -0.25) is 4.79 Å². The largest absolute Gasteiger partial charge is 0.423 e.